The number of allylic oxidation sites excluding steroid dienone is 14. The quantitative estimate of drug-likeness (QED) is 0.0261. The number of ether oxygens (including phenoxy) is 3. The van der Waals surface area contributed by atoms with Crippen LogP contribution in [0, 0.1) is 0 Å². The van der Waals surface area contributed by atoms with Gasteiger partial charge in [-0.2, -0.15) is 0 Å². The minimum atomic E-state index is -0.795. The first kappa shape index (κ1) is 68.6. The smallest absolute Gasteiger partial charge is 0.306 e. The van der Waals surface area contributed by atoms with Crippen LogP contribution in [-0.4, -0.2) is 37.2 Å². The van der Waals surface area contributed by atoms with E-state index >= 15 is 0 Å². The number of carbonyl (C=O) groups excluding carboxylic acids is 3. The molecule has 0 heterocycles. The molecule has 1 unspecified atom stereocenters. The lowest BCUT2D eigenvalue weighted by Crippen LogP contribution is -2.30. The van der Waals surface area contributed by atoms with Gasteiger partial charge in [-0.25, -0.2) is 0 Å². The second kappa shape index (κ2) is 60.1. The van der Waals surface area contributed by atoms with Crippen LogP contribution in [-0.2, 0) is 28.6 Å². The van der Waals surface area contributed by atoms with Crippen LogP contribution in [0.2, 0.25) is 0 Å². The molecule has 414 valence electrons. The minimum absolute atomic E-state index is 0.0896. The lowest BCUT2D eigenvalue weighted by atomic mass is 10.0. The van der Waals surface area contributed by atoms with Crippen LogP contribution >= 0.6 is 0 Å². The Labute approximate surface area is 445 Å². The van der Waals surface area contributed by atoms with E-state index < -0.39 is 6.10 Å². The summed E-state index contributed by atoms with van der Waals surface area (Å²) in [7, 11) is 0. The Morgan fingerprint density at radius 2 is 0.542 bits per heavy atom. The van der Waals surface area contributed by atoms with Crippen LogP contribution < -0.4 is 0 Å². The van der Waals surface area contributed by atoms with E-state index in [1.54, 1.807) is 0 Å². The van der Waals surface area contributed by atoms with E-state index in [-0.39, 0.29) is 31.1 Å². The molecule has 72 heavy (non-hydrogen) atoms. The summed E-state index contributed by atoms with van der Waals surface area (Å²) in [5, 5.41) is 0. The van der Waals surface area contributed by atoms with Gasteiger partial charge in [0.1, 0.15) is 13.2 Å². The van der Waals surface area contributed by atoms with Gasteiger partial charge in [-0.15, -0.1) is 0 Å². The maximum Gasteiger partial charge on any atom is 0.306 e. The van der Waals surface area contributed by atoms with Crippen LogP contribution in [0.3, 0.4) is 0 Å². The Bertz CT molecular complexity index is 1380. The summed E-state index contributed by atoms with van der Waals surface area (Å²) >= 11 is 0. The van der Waals surface area contributed by atoms with Crippen molar-refractivity contribution in [2.24, 2.45) is 0 Å². The molecule has 0 aromatic rings. The van der Waals surface area contributed by atoms with Crippen LogP contribution in [0.1, 0.15) is 297 Å². The van der Waals surface area contributed by atoms with E-state index in [9.17, 15) is 14.4 Å². The van der Waals surface area contributed by atoms with Gasteiger partial charge in [0, 0.05) is 19.3 Å². The molecule has 0 spiro atoms. The number of carbonyl (C=O) groups is 3. The number of hydrogen-bond acceptors (Lipinski definition) is 6. The van der Waals surface area contributed by atoms with E-state index in [2.05, 4.69) is 106 Å². The lowest BCUT2D eigenvalue weighted by molar-refractivity contribution is -0.167. The number of esters is 3. The van der Waals surface area contributed by atoms with Gasteiger partial charge in [-0.3, -0.25) is 14.4 Å². The van der Waals surface area contributed by atoms with E-state index in [1.165, 1.54) is 148 Å². The van der Waals surface area contributed by atoms with Crippen molar-refractivity contribution < 1.29 is 28.6 Å². The molecule has 0 rings (SSSR count). The average Bonchev–Trinajstić information content (AvgIpc) is 3.38. The average molecular weight is 1000 g/mol. The summed E-state index contributed by atoms with van der Waals surface area (Å²) in [6.45, 7) is 6.50. The van der Waals surface area contributed by atoms with E-state index in [0.29, 0.717) is 19.3 Å². The molecule has 0 aliphatic heterocycles. The van der Waals surface area contributed by atoms with E-state index in [1.807, 2.05) is 0 Å². The summed E-state index contributed by atoms with van der Waals surface area (Å²) in [6.07, 6.45) is 78.6. The molecule has 0 radical (unpaired) electrons. The fraction of sp³-hybridized carbons (Fsp3) is 0.742. The van der Waals surface area contributed by atoms with E-state index in [0.717, 1.165) is 109 Å². The zero-order chi connectivity index (χ0) is 52.2. The third kappa shape index (κ3) is 57.5. The Hall–Kier alpha value is -3.41. The standard InChI is InChI=1S/C66H114O6/c1-4-7-10-13-16-19-22-25-28-30-31-32-33-34-35-37-38-41-44-47-50-53-56-59-65(68)71-62-63(61-70-64(67)58-55-52-49-46-43-40-27-24-21-18-15-12-9-6-3)72-66(69)60-57-54-51-48-45-42-39-36-29-26-23-20-17-14-11-8-5-2/h8,11,17,20,22,24-27,29-31,39,42,63H,4-7,9-10,12-16,18-19,21,23,28,32-38,40-41,43-62H2,1-3H3/b11-8-,20-17-,25-22-,27-24-,29-26-,31-30-,42-39-. The Morgan fingerprint density at radius 1 is 0.292 bits per heavy atom. The largest absolute Gasteiger partial charge is 0.462 e. The lowest BCUT2D eigenvalue weighted by Gasteiger charge is -2.18. The Balaban J connectivity index is 4.37. The van der Waals surface area contributed by atoms with Crippen molar-refractivity contribution in [3.8, 4) is 0 Å². The molecule has 0 amide bonds. The number of hydrogen-bond donors (Lipinski definition) is 0. The predicted octanol–water partition coefficient (Wildman–Crippen LogP) is 20.7. The summed E-state index contributed by atoms with van der Waals surface area (Å²) in [5.74, 6) is -0.916. The molecule has 0 saturated heterocycles. The molecule has 0 bridgehead atoms. The van der Waals surface area contributed by atoms with Crippen LogP contribution in [0.15, 0.2) is 85.1 Å². The highest BCUT2D eigenvalue weighted by atomic mass is 16.6. The van der Waals surface area contributed by atoms with Gasteiger partial charge in [-0.1, -0.05) is 247 Å². The van der Waals surface area contributed by atoms with Crippen molar-refractivity contribution in [2.45, 2.75) is 303 Å². The van der Waals surface area contributed by atoms with Gasteiger partial charge in [-0.05, 0) is 116 Å². The van der Waals surface area contributed by atoms with Crippen LogP contribution in [0.5, 0.6) is 0 Å². The van der Waals surface area contributed by atoms with Crippen molar-refractivity contribution in [1.82, 2.24) is 0 Å². The summed E-state index contributed by atoms with van der Waals surface area (Å²) < 4.78 is 16.9. The molecule has 1 atom stereocenters. The number of unbranched alkanes of at least 4 members (excludes halogenated alkanes) is 30. The molecular formula is C66H114O6. The van der Waals surface area contributed by atoms with Crippen molar-refractivity contribution in [3.05, 3.63) is 85.1 Å². The molecule has 0 aliphatic carbocycles. The molecule has 6 heteroatoms. The summed E-state index contributed by atoms with van der Waals surface area (Å²) in [6, 6.07) is 0. The molecule has 6 nitrogen and oxygen atoms in total. The zero-order valence-corrected chi connectivity index (χ0v) is 47.4. The van der Waals surface area contributed by atoms with Crippen molar-refractivity contribution in [1.29, 1.82) is 0 Å². The van der Waals surface area contributed by atoms with Crippen molar-refractivity contribution >= 4 is 17.9 Å². The van der Waals surface area contributed by atoms with Gasteiger partial charge < -0.3 is 14.2 Å². The van der Waals surface area contributed by atoms with E-state index in [4.69, 9.17) is 14.2 Å². The normalized spacial score (nSPS) is 12.7. The molecular weight excluding hydrogens is 889 g/mol. The van der Waals surface area contributed by atoms with Gasteiger partial charge in [0.25, 0.3) is 0 Å². The second-order valence-electron chi connectivity index (χ2n) is 20.2. The fourth-order valence-corrected chi connectivity index (χ4v) is 8.52. The van der Waals surface area contributed by atoms with Crippen molar-refractivity contribution in [3.63, 3.8) is 0 Å². The molecule has 0 aromatic carbocycles. The third-order valence-corrected chi connectivity index (χ3v) is 13.1. The first-order valence-electron chi connectivity index (χ1n) is 30.6. The molecule has 0 N–H and O–H groups in total. The van der Waals surface area contributed by atoms with Gasteiger partial charge in [0.15, 0.2) is 6.10 Å². The Kier molecular flexibility index (Phi) is 57.3. The molecule has 0 fully saturated rings. The van der Waals surface area contributed by atoms with Crippen LogP contribution in [0.4, 0.5) is 0 Å². The summed E-state index contributed by atoms with van der Waals surface area (Å²) in [5.41, 5.74) is 0. The first-order valence-corrected chi connectivity index (χ1v) is 30.6. The van der Waals surface area contributed by atoms with Gasteiger partial charge in [0.05, 0.1) is 0 Å². The minimum Gasteiger partial charge on any atom is -0.462 e. The molecule has 0 aromatic heterocycles. The Morgan fingerprint density at radius 3 is 0.861 bits per heavy atom. The highest BCUT2D eigenvalue weighted by molar-refractivity contribution is 5.71. The fourth-order valence-electron chi connectivity index (χ4n) is 8.52. The highest BCUT2D eigenvalue weighted by Gasteiger charge is 2.19. The monoisotopic (exact) mass is 1000 g/mol. The van der Waals surface area contributed by atoms with Crippen LogP contribution in [0.25, 0.3) is 0 Å². The topological polar surface area (TPSA) is 78.9 Å². The highest BCUT2D eigenvalue weighted by Crippen LogP contribution is 2.15. The SMILES string of the molecule is CC/C=C\C/C=C\C/C=C\C/C=C\CCCCCCC(=O)OC(COC(=O)CCCCCCC/C=C\CCCCCCC)COC(=O)CCCCCCCCCCCCC/C=C\C/C=C\CCCCCCC. The van der Waals surface area contributed by atoms with Gasteiger partial charge in [0.2, 0.25) is 0 Å². The molecule has 0 saturated carbocycles. The third-order valence-electron chi connectivity index (χ3n) is 13.1. The zero-order valence-electron chi connectivity index (χ0n) is 47.4. The first-order chi connectivity index (χ1) is 35.5. The van der Waals surface area contributed by atoms with Crippen molar-refractivity contribution in [2.75, 3.05) is 13.2 Å². The maximum atomic E-state index is 12.9. The number of rotatable bonds is 55. The molecule has 0 aliphatic rings. The summed E-state index contributed by atoms with van der Waals surface area (Å²) in [4.78, 5) is 38.2. The van der Waals surface area contributed by atoms with Gasteiger partial charge >= 0.3 is 17.9 Å². The maximum absolute atomic E-state index is 12.9. The second-order valence-corrected chi connectivity index (χ2v) is 20.2. The predicted molar refractivity (Wildman–Crippen MR) is 311 cm³/mol.